The van der Waals surface area contributed by atoms with Gasteiger partial charge in [-0.15, -0.1) is 0 Å². The van der Waals surface area contributed by atoms with Crippen LogP contribution in [0.1, 0.15) is 141 Å². The van der Waals surface area contributed by atoms with Crippen LogP contribution in [0.5, 0.6) is 0 Å². The number of aliphatic hydroxyl groups is 1. The summed E-state index contributed by atoms with van der Waals surface area (Å²) in [5, 5.41) is 11.6. The van der Waals surface area contributed by atoms with Gasteiger partial charge in [0.15, 0.2) is 30.7 Å². The van der Waals surface area contributed by atoms with Gasteiger partial charge in [0.25, 0.3) is 0 Å². The summed E-state index contributed by atoms with van der Waals surface area (Å²) in [4.78, 5) is 74.9. The molecule has 3 unspecified atom stereocenters. The van der Waals surface area contributed by atoms with E-state index in [2.05, 4.69) is 41.2 Å². The van der Waals surface area contributed by atoms with Gasteiger partial charge in [-0.3, -0.25) is 28.8 Å². The van der Waals surface area contributed by atoms with Crippen LogP contribution in [0.3, 0.4) is 0 Å². The predicted octanol–water partition coefficient (Wildman–Crippen LogP) is 6.33. The van der Waals surface area contributed by atoms with E-state index in [-0.39, 0.29) is 46.5 Å². The highest BCUT2D eigenvalue weighted by molar-refractivity contribution is 5.69. The highest BCUT2D eigenvalue weighted by atomic mass is 16.7. The minimum Gasteiger partial charge on any atom is -0.463 e. The van der Waals surface area contributed by atoms with E-state index in [4.69, 9.17) is 37.9 Å². The van der Waals surface area contributed by atoms with Crippen LogP contribution in [-0.2, 0) is 66.7 Å². The Morgan fingerprint density at radius 1 is 0.730 bits per heavy atom. The van der Waals surface area contributed by atoms with Gasteiger partial charge in [0.05, 0.1) is 12.2 Å². The molecule has 0 aromatic rings. The molecule has 0 aromatic carbocycles. The van der Waals surface area contributed by atoms with Gasteiger partial charge in [-0.1, -0.05) is 41.2 Å². The van der Waals surface area contributed by atoms with Crippen molar-refractivity contribution >= 4 is 35.8 Å². The number of aliphatic hydroxyl groups excluding tert-OH is 1. The maximum absolute atomic E-state index is 12.9. The van der Waals surface area contributed by atoms with E-state index in [0.717, 1.165) is 38.5 Å². The van der Waals surface area contributed by atoms with Gasteiger partial charge >= 0.3 is 35.8 Å². The number of ether oxygens (including phenoxy) is 8. The second-order valence-corrected chi connectivity index (χ2v) is 21.0. The Labute approximate surface area is 372 Å². The number of hydrogen-bond acceptors (Lipinski definition) is 15. The lowest BCUT2D eigenvalue weighted by atomic mass is 9.37. The smallest absolute Gasteiger partial charge is 0.303 e. The Hall–Kier alpha value is -3.56. The van der Waals surface area contributed by atoms with Crippen molar-refractivity contribution in [1.29, 1.82) is 0 Å². The van der Waals surface area contributed by atoms with Crippen LogP contribution in [0.15, 0.2) is 12.2 Å². The first kappa shape index (κ1) is 48.9. The molecule has 0 radical (unpaired) electrons. The molecule has 1 aliphatic heterocycles. The van der Waals surface area contributed by atoms with E-state index in [1.165, 1.54) is 41.5 Å². The van der Waals surface area contributed by atoms with Crippen LogP contribution in [0.2, 0.25) is 0 Å². The molecule has 354 valence electrons. The fraction of sp³-hybridized carbons (Fsp3) is 0.833. The minimum atomic E-state index is -1.37. The topological polar surface area (TPSA) is 196 Å². The fourth-order valence-electron chi connectivity index (χ4n) is 14.7. The van der Waals surface area contributed by atoms with Crippen molar-refractivity contribution in [3.63, 3.8) is 0 Å². The molecule has 5 saturated carbocycles. The molecule has 63 heavy (non-hydrogen) atoms. The van der Waals surface area contributed by atoms with Gasteiger partial charge in [-0.05, 0) is 116 Å². The van der Waals surface area contributed by atoms with Crippen LogP contribution in [0, 0.1) is 50.7 Å². The van der Waals surface area contributed by atoms with Crippen LogP contribution in [0.4, 0.5) is 0 Å². The Kier molecular flexibility index (Phi) is 13.7. The molecule has 0 spiro atoms. The van der Waals surface area contributed by atoms with Crippen molar-refractivity contribution < 1.29 is 71.8 Å². The fourth-order valence-corrected chi connectivity index (χ4v) is 14.7. The summed E-state index contributed by atoms with van der Waals surface area (Å²) < 4.78 is 48.3. The second-order valence-electron chi connectivity index (χ2n) is 21.0. The summed E-state index contributed by atoms with van der Waals surface area (Å²) in [7, 11) is 0. The molecule has 6 fully saturated rings. The van der Waals surface area contributed by atoms with Gasteiger partial charge < -0.3 is 43.0 Å². The zero-order valence-electron chi connectivity index (χ0n) is 39.4. The van der Waals surface area contributed by atoms with Crippen molar-refractivity contribution in [2.45, 2.75) is 196 Å². The standard InChI is InChI=1S/C48H72O15/c1-24(2)39(58-28(6)51)33(57-27(5)50)20-25(3)32-14-19-48-23-47(32,48)18-15-35-45(12)17-16-37(55)44(10,11)36(45)21-38(46(35,48)13)63-43-42(61-31(9)54)41(60-30(8)53)40(59-29(7)52)34(62-43)22-56-26(4)49/h25,32-43,55H,1,14-23H2,2-13H3/t25?,32-,33?,34+,35+,36-,37+,38+,39?,40+,41-,42+,43-,45+,46-,47+,48+/m0/s1. The summed E-state index contributed by atoms with van der Waals surface area (Å²) in [6.07, 6.45) is -1.86. The Morgan fingerprint density at radius 3 is 1.90 bits per heavy atom. The lowest BCUT2D eigenvalue weighted by Crippen LogP contribution is -2.68. The van der Waals surface area contributed by atoms with Crippen LogP contribution in [0.25, 0.3) is 0 Å². The third kappa shape index (κ3) is 8.56. The number of esters is 6. The summed E-state index contributed by atoms with van der Waals surface area (Å²) in [6.45, 7) is 24.2. The van der Waals surface area contributed by atoms with Gasteiger partial charge in [0.2, 0.25) is 0 Å². The normalized spacial score (nSPS) is 41.0. The van der Waals surface area contributed by atoms with Gasteiger partial charge in [-0.2, -0.15) is 0 Å². The van der Waals surface area contributed by atoms with Crippen LogP contribution in [-0.4, -0.2) is 103 Å². The minimum absolute atomic E-state index is 0.0195. The zero-order valence-corrected chi connectivity index (χ0v) is 39.4. The number of carbonyl (C=O) groups is 6. The number of hydrogen-bond donors (Lipinski definition) is 1. The number of rotatable bonds is 14. The highest BCUT2D eigenvalue weighted by Crippen LogP contribution is 2.91. The first-order valence-electron chi connectivity index (χ1n) is 22.9. The highest BCUT2D eigenvalue weighted by Gasteiger charge is 2.85. The van der Waals surface area contributed by atoms with Gasteiger partial charge in [-0.25, -0.2) is 0 Å². The first-order chi connectivity index (χ1) is 29.2. The third-order valence-corrected chi connectivity index (χ3v) is 17.1. The average Bonchev–Trinajstić information content (AvgIpc) is 3.73. The molecule has 6 aliphatic rings. The molecule has 1 N–H and O–H groups in total. The van der Waals surface area contributed by atoms with E-state index < -0.39 is 102 Å². The maximum atomic E-state index is 12.9. The van der Waals surface area contributed by atoms with Crippen molar-refractivity contribution in [2.75, 3.05) is 6.61 Å². The molecular formula is C48H72O15. The second kappa shape index (κ2) is 17.7. The van der Waals surface area contributed by atoms with E-state index in [0.29, 0.717) is 24.8 Å². The molecule has 0 aromatic heterocycles. The number of carbonyl (C=O) groups excluding carboxylic acids is 6. The van der Waals surface area contributed by atoms with Crippen molar-refractivity contribution in [3.8, 4) is 0 Å². The van der Waals surface area contributed by atoms with Gasteiger partial charge in [0.1, 0.15) is 18.8 Å². The van der Waals surface area contributed by atoms with E-state index in [1.807, 2.05) is 0 Å². The predicted molar refractivity (Wildman–Crippen MR) is 225 cm³/mol. The maximum Gasteiger partial charge on any atom is 0.303 e. The molecule has 5 aliphatic carbocycles. The van der Waals surface area contributed by atoms with E-state index in [1.54, 1.807) is 6.92 Å². The molecule has 17 atom stereocenters. The quantitative estimate of drug-likeness (QED) is 0.0879. The molecule has 1 heterocycles. The number of fused-ring (bicyclic) bond motifs is 3. The van der Waals surface area contributed by atoms with Crippen molar-refractivity contribution in [2.24, 2.45) is 50.7 Å². The monoisotopic (exact) mass is 888 g/mol. The van der Waals surface area contributed by atoms with E-state index >= 15 is 0 Å². The molecular weight excluding hydrogens is 817 g/mol. The third-order valence-electron chi connectivity index (χ3n) is 17.1. The SMILES string of the molecule is C=C(C)C(OC(C)=O)C(CC(C)[C@@H]1CC[C@]23C[C@]12CC[C@@H]1[C@@]2(C)CC[C@@H](O)C(C)(C)[C@@H]2C[C@@H](O[C@@H]2O[C@H](COC(C)=O)[C@@H](OC(C)=O)[C@H](OC(C)=O)[C@H]2OC(C)=O)[C@]13C)OC(C)=O. The first-order valence-corrected chi connectivity index (χ1v) is 22.9. The molecule has 0 bridgehead atoms. The zero-order chi connectivity index (χ0) is 46.8. The van der Waals surface area contributed by atoms with Gasteiger partial charge in [0, 0.05) is 47.0 Å². The Bertz CT molecular complexity index is 1830. The average molecular weight is 889 g/mol. The van der Waals surface area contributed by atoms with Crippen molar-refractivity contribution in [3.05, 3.63) is 12.2 Å². The van der Waals surface area contributed by atoms with E-state index in [9.17, 15) is 33.9 Å². The summed E-state index contributed by atoms with van der Waals surface area (Å²) in [6, 6.07) is 0. The summed E-state index contributed by atoms with van der Waals surface area (Å²) in [5.41, 5.74) is -0.781. The van der Waals surface area contributed by atoms with Crippen LogP contribution >= 0.6 is 0 Å². The molecule has 6 rings (SSSR count). The van der Waals surface area contributed by atoms with Crippen LogP contribution < -0.4 is 0 Å². The molecule has 15 nitrogen and oxygen atoms in total. The largest absolute Gasteiger partial charge is 0.463 e. The lowest BCUT2D eigenvalue weighted by Gasteiger charge is -2.69. The Balaban J connectivity index is 1.42. The summed E-state index contributed by atoms with van der Waals surface area (Å²) >= 11 is 0. The summed E-state index contributed by atoms with van der Waals surface area (Å²) in [5.74, 6) is -3.20. The van der Waals surface area contributed by atoms with Crippen molar-refractivity contribution in [1.82, 2.24) is 0 Å². The molecule has 15 heteroatoms. The Morgan fingerprint density at radius 2 is 1.33 bits per heavy atom. The lowest BCUT2D eigenvalue weighted by molar-refractivity contribution is -0.346. The molecule has 1 saturated heterocycles. The molecule has 0 amide bonds.